The lowest BCUT2D eigenvalue weighted by molar-refractivity contribution is 0.194. The van der Waals surface area contributed by atoms with E-state index in [9.17, 15) is 0 Å². The summed E-state index contributed by atoms with van der Waals surface area (Å²) in [6.45, 7) is 3.01. The van der Waals surface area contributed by atoms with Gasteiger partial charge in [-0.05, 0) is 18.2 Å². The zero-order chi connectivity index (χ0) is 14.9. The number of anilines is 1. The molecule has 2 aliphatic heterocycles. The van der Waals surface area contributed by atoms with E-state index < -0.39 is 0 Å². The van der Waals surface area contributed by atoms with Gasteiger partial charge in [0.1, 0.15) is 5.75 Å². The lowest BCUT2D eigenvalue weighted by Crippen LogP contribution is -2.36. The van der Waals surface area contributed by atoms with E-state index in [1.165, 1.54) is 5.56 Å². The van der Waals surface area contributed by atoms with Crippen LogP contribution in [0.4, 0.5) is 5.69 Å². The molecule has 0 aliphatic carbocycles. The van der Waals surface area contributed by atoms with Gasteiger partial charge in [-0.1, -0.05) is 55.1 Å². The third-order valence-corrected chi connectivity index (χ3v) is 5.41. The van der Waals surface area contributed by atoms with Gasteiger partial charge in [-0.25, -0.2) is 0 Å². The van der Waals surface area contributed by atoms with E-state index in [-0.39, 0.29) is 6.04 Å². The molecule has 0 amide bonds. The highest BCUT2D eigenvalue weighted by atomic mass is 32.2. The number of ether oxygens (including phenoxy) is 1. The van der Waals surface area contributed by atoms with Gasteiger partial charge in [0, 0.05) is 22.4 Å². The van der Waals surface area contributed by atoms with Crippen molar-refractivity contribution in [3.05, 3.63) is 60.2 Å². The SMILES string of the molecule is C[C@@H]1SC(Nc2ccccc2)=N[C@H]2c3ccccc3OC[C@H]12. The molecule has 0 saturated carbocycles. The molecular weight excluding hydrogens is 292 g/mol. The number of hydrogen-bond acceptors (Lipinski definition) is 4. The highest BCUT2D eigenvalue weighted by Crippen LogP contribution is 2.45. The molecule has 0 bridgehead atoms. The Morgan fingerprint density at radius 3 is 2.73 bits per heavy atom. The minimum atomic E-state index is 0.187. The molecule has 22 heavy (non-hydrogen) atoms. The monoisotopic (exact) mass is 310 g/mol. The van der Waals surface area contributed by atoms with E-state index in [4.69, 9.17) is 9.73 Å². The summed E-state index contributed by atoms with van der Waals surface area (Å²) < 4.78 is 5.91. The van der Waals surface area contributed by atoms with E-state index in [1.54, 1.807) is 11.8 Å². The number of hydrogen-bond donors (Lipinski definition) is 1. The minimum absolute atomic E-state index is 0.187. The van der Waals surface area contributed by atoms with Crippen LogP contribution in [0.3, 0.4) is 0 Å². The molecule has 0 saturated heterocycles. The zero-order valence-corrected chi connectivity index (χ0v) is 13.2. The molecule has 2 heterocycles. The number of nitrogens with zero attached hydrogens (tertiary/aromatic N) is 1. The molecule has 2 aromatic carbocycles. The first-order valence-electron chi connectivity index (χ1n) is 7.59. The third-order valence-electron chi connectivity index (χ3n) is 4.26. The number of benzene rings is 2. The van der Waals surface area contributed by atoms with Crippen molar-refractivity contribution in [2.75, 3.05) is 11.9 Å². The molecule has 2 aliphatic rings. The quantitative estimate of drug-likeness (QED) is 0.850. The van der Waals surface area contributed by atoms with Crippen LogP contribution in [0, 0.1) is 5.92 Å². The number of fused-ring (bicyclic) bond motifs is 3. The Labute approximate surface area is 134 Å². The molecule has 0 radical (unpaired) electrons. The molecule has 112 valence electrons. The van der Waals surface area contributed by atoms with Crippen LogP contribution in [0.15, 0.2) is 59.6 Å². The van der Waals surface area contributed by atoms with Gasteiger partial charge in [0.15, 0.2) is 5.17 Å². The van der Waals surface area contributed by atoms with Gasteiger partial charge in [0.05, 0.1) is 12.6 Å². The van der Waals surface area contributed by atoms with Crippen LogP contribution in [-0.4, -0.2) is 17.0 Å². The second-order valence-corrected chi connectivity index (χ2v) is 7.07. The second-order valence-electron chi connectivity index (χ2n) is 5.71. The molecule has 3 atom stereocenters. The van der Waals surface area contributed by atoms with Crippen molar-refractivity contribution in [3.63, 3.8) is 0 Å². The lowest BCUT2D eigenvalue weighted by atomic mass is 9.89. The van der Waals surface area contributed by atoms with Crippen LogP contribution in [0.1, 0.15) is 18.5 Å². The van der Waals surface area contributed by atoms with Crippen LogP contribution in [-0.2, 0) is 0 Å². The Bertz CT molecular complexity index is 701. The average Bonchev–Trinajstić information content (AvgIpc) is 2.56. The van der Waals surface area contributed by atoms with Crippen molar-refractivity contribution in [2.24, 2.45) is 10.9 Å². The number of aliphatic imine (C=N–C) groups is 1. The summed E-state index contributed by atoms with van der Waals surface area (Å²) in [6, 6.07) is 18.7. The minimum Gasteiger partial charge on any atom is -0.493 e. The first-order chi connectivity index (χ1) is 10.8. The van der Waals surface area contributed by atoms with Crippen molar-refractivity contribution in [1.29, 1.82) is 0 Å². The summed E-state index contributed by atoms with van der Waals surface area (Å²) in [6.07, 6.45) is 0. The second kappa shape index (κ2) is 5.69. The summed E-state index contributed by atoms with van der Waals surface area (Å²) in [5.74, 6) is 1.41. The molecular formula is C18H18N2OS. The van der Waals surface area contributed by atoms with E-state index >= 15 is 0 Å². The topological polar surface area (TPSA) is 33.6 Å². The van der Waals surface area contributed by atoms with Crippen molar-refractivity contribution in [3.8, 4) is 5.75 Å². The maximum absolute atomic E-state index is 5.91. The van der Waals surface area contributed by atoms with E-state index in [0.29, 0.717) is 11.2 Å². The fourth-order valence-corrected chi connectivity index (χ4v) is 4.15. The third kappa shape index (κ3) is 2.48. The van der Waals surface area contributed by atoms with Gasteiger partial charge < -0.3 is 10.1 Å². The fourth-order valence-electron chi connectivity index (χ4n) is 3.05. The molecule has 4 heteroatoms. The molecule has 2 aromatic rings. The summed E-state index contributed by atoms with van der Waals surface area (Å²) in [5, 5.41) is 4.92. The van der Waals surface area contributed by atoms with Gasteiger partial charge in [-0.3, -0.25) is 4.99 Å². The van der Waals surface area contributed by atoms with E-state index in [2.05, 4.69) is 36.5 Å². The molecule has 0 spiro atoms. The normalized spacial score (nSPS) is 26.2. The Balaban J connectivity index is 1.67. The molecule has 0 fully saturated rings. The molecule has 0 aromatic heterocycles. The zero-order valence-electron chi connectivity index (χ0n) is 12.4. The largest absolute Gasteiger partial charge is 0.493 e. The van der Waals surface area contributed by atoms with Crippen LogP contribution < -0.4 is 10.1 Å². The van der Waals surface area contributed by atoms with Crippen LogP contribution >= 0.6 is 11.8 Å². The number of para-hydroxylation sites is 2. The predicted octanol–water partition coefficient (Wildman–Crippen LogP) is 4.34. The van der Waals surface area contributed by atoms with Crippen LogP contribution in [0.5, 0.6) is 5.75 Å². The van der Waals surface area contributed by atoms with E-state index in [0.717, 1.165) is 23.2 Å². The van der Waals surface area contributed by atoms with Crippen molar-refractivity contribution >= 4 is 22.6 Å². The van der Waals surface area contributed by atoms with Gasteiger partial charge in [-0.15, -0.1) is 0 Å². The van der Waals surface area contributed by atoms with E-state index in [1.807, 2.05) is 30.3 Å². The Morgan fingerprint density at radius 2 is 1.86 bits per heavy atom. The summed E-state index contributed by atoms with van der Waals surface area (Å²) in [4.78, 5) is 4.98. The standard InChI is InChI=1S/C18H18N2OS/c1-12-15-11-21-16-10-6-5-9-14(16)17(15)20-18(22-12)19-13-7-3-2-4-8-13/h2-10,12,15,17H,11H2,1H3,(H,19,20)/t12-,15+,17-/m0/s1. The van der Waals surface area contributed by atoms with Crippen molar-refractivity contribution in [2.45, 2.75) is 18.2 Å². The fraction of sp³-hybridized carbons (Fsp3) is 0.278. The molecule has 1 N–H and O–H groups in total. The molecule has 3 nitrogen and oxygen atoms in total. The Morgan fingerprint density at radius 1 is 1.09 bits per heavy atom. The Hall–Kier alpha value is -1.94. The number of thioether (sulfide) groups is 1. The highest BCUT2D eigenvalue weighted by Gasteiger charge is 2.38. The highest BCUT2D eigenvalue weighted by molar-refractivity contribution is 8.14. The predicted molar refractivity (Wildman–Crippen MR) is 92.7 cm³/mol. The van der Waals surface area contributed by atoms with Crippen LogP contribution in [0.2, 0.25) is 0 Å². The van der Waals surface area contributed by atoms with Gasteiger partial charge in [0.2, 0.25) is 0 Å². The Kier molecular flexibility index (Phi) is 3.54. The molecule has 0 unspecified atom stereocenters. The van der Waals surface area contributed by atoms with Crippen molar-refractivity contribution < 1.29 is 4.74 Å². The van der Waals surface area contributed by atoms with Gasteiger partial charge >= 0.3 is 0 Å². The lowest BCUT2D eigenvalue weighted by Gasteiger charge is -2.38. The summed E-state index contributed by atoms with van der Waals surface area (Å²) in [7, 11) is 0. The van der Waals surface area contributed by atoms with Gasteiger partial charge in [-0.2, -0.15) is 0 Å². The summed E-state index contributed by atoms with van der Waals surface area (Å²) in [5.41, 5.74) is 2.29. The summed E-state index contributed by atoms with van der Waals surface area (Å²) >= 11 is 1.80. The maximum atomic E-state index is 5.91. The number of nitrogens with one attached hydrogen (secondary N) is 1. The first kappa shape index (κ1) is 13.7. The average molecular weight is 310 g/mol. The van der Waals surface area contributed by atoms with Crippen LogP contribution in [0.25, 0.3) is 0 Å². The van der Waals surface area contributed by atoms with Crippen molar-refractivity contribution in [1.82, 2.24) is 0 Å². The smallest absolute Gasteiger partial charge is 0.161 e. The molecule has 4 rings (SSSR count). The number of amidine groups is 1. The number of rotatable bonds is 1. The first-order valence-corrected chi connectivity index (χ1v) is 8.47. The maximum Gasteiger partial charge on any atom is 0.161 e. The van der Waals surface area contributed by atoms with Gasteiger partial charge in [0.25, 0.3) is 0 Å².